The third-order valence-corrected chi connectivity index (χ3v) is 6.76. The molecule has 2 heterocycles. The van der Waals surface area contributed by atoms with Gasteiger partial charge in [0.25, 0.3) is 0 Å². The normalized spacial score (nSPS) is 22.1. The molecule has 0 aromatic heterocycles. The zero-order valence-corrected chi connectivity index (χ0v) is 18.1. The van der Waals surface area contributed by atoms with Gasteiger partial charge in [-0.15, -0.1) is 0 Å². The quantitative estimate of drug-likeness (QED) is 0.472. The number of anilines is 1. The van der Waals surface area contributed by atoms with Crippen LogP contribution in [0.1, 0.15) is 27.4 Å². The van der Waals surface area contributed by atoms with E-state index in [1.807, 2.05) is 23.1 Å². The Hall–Kier alpha value is -3.93. The summed E-state index contributed by atoms with van der Waals surface area (Å²) in [6, 6.07) is 22.8. The summed E-state index contributed by atoms with van der Waals surface area (Å²) in [5.74, 6) is -1.45. The summed E-state index contributed by atoms with van der Waals surface area (Å²) in [5.41, 5.74) is 0.993. The predicted octanol–water partition coefficient (Wildman–Crippen LogP) is 5.76. The van der Waals surface area contributed by atoms with Crippen LogP contribution in [-0.2, 0) is 0 Å². The SMILES string of the molecule is N#CC1(C#N)[C@H](c2ccc(F)cc2)[C@H](C(=O)c2ccccc2)N2c3ccc(Cl)cc3C=C[C@H]21. The number of ketones is 1. The van der Waals surface area contributed by atoms with Crippen LogP contribution in [0.4, 0.5) is 10.1 Å². The van der Waals surface area contributed by atoms with Gasteiger partial charge in [0, 0.05) is 22.2 Å². The van der Waals surface area contributed by atoms with Gasteiger partial charge in [-0.05, 0) is 41.5 Å². The Morgan fingerprint density at radius 3 is 2.36 bits per heavy atom. The van der Waals surface area contributed by atoms with E-state index in [0.29, 0.717) is 16.1 Å². The monoisotopic (exact) mass is 453 g/mol. The summed E-state index contributed by atoms with van der Waals surface area (Å²) in [7, 11) is 0. The minimum atomic E-state index is -1.57. The highest BCUT2D eigenvalue weighted by Gasteiger charge is 2.63. The first-order valence-corrected chi connectivity index (χ1v) is 10.8. The van der Waals surface area contributed by atoms with Crippen LogP contribution in [0.3, 0.4) is 0 Å². The van der Waals surface area contributed by atoms with Gasteiger partial charge in [-0.25, -0.2) is 4.39 Å². The van der Waals surface area contributed by atoms with Crippen LogP contribution in [0, 0.1) is 33.9 Å². The molecule has 0 bridgehead atoms. The number of halogens is 2. The maximum atomic E-state index is 14.0. The Morgan fingerprint density at radius 2 is 1.70 bits per heavy atom. The van der Waals surface area contributed by atoms with E-state index >= 15 is 0 Å². The standard InChI is InChI=1S/C27H17ClFN3O/c28-20-9-12-22-19(14-20)8-13-23-27(15-30,16-31)24(17-6-10-21(29)11-7-17)25(32(22)23)26(33)18-4-2-1-3-5-18/h1-14,23-25H/t23-,24+,25+/m0/s1. The van der Waals surface area contributed by atoms with Crippen LogP contribution in [-0.4, -0.2) is 17.9 Å². The molecule has 2 aliphatic heterocycles. The number of fused-ring (bicyclic) bond motifs is 3. The zero-order chi connectivity index (χ0) is 23.2. The van der Waals surface area contributed by atoms with Gasteiger partial charge in [-0.3, -0.25) is 4.79 Å². The van der Waals surface area contributed by atoms with Gasteiger partial charge in [0.1, 0.15) is 11.9 Å². The van der Waals surface area contributed by atoms with Crippen LogP contribution in [0.2, 0.25) is 5.02 Å². The van der Waals surface area contributed by atoms with Crippen molar-refractivity contribution in [3.63, 3.8) is 0 Å². The number of carbonyl (C=O) groups excluding carboxylic acids is 1. The number of rotatable bonds is 3. The maximum Gasteiger partial charge on any atom is 0.185 e. The minimum Gasteiger partial charge on any atom is -0.351 e. The molecule has 0 aliphatic carbocycles. The van der Waals surface area contributed by atoms with Gasteiger partial charge >= 0.3 is 0 Å². The molecule has 0 N–H and O–H groups in total. The fraction of sp³-hybridized carbons (Fsp3) is 0.148. The van der Waals surface area contributed by atoms with Crippen molar-refractivity contribution < 1.29 is 9.18 Å². The summed E-state index contributed by atoms with van der Waals surface area (Å²) in [5, 5.41) is 21.3. The number of carbonyl (C=O) groups is 1. The molecule has 3 atom stereocenters. The number of nitriles is 2. The lowest BCUT2D eigenvalue weighted by Crippen LogP contribution is -2.44. The van der Waals surface area contributed by atoms with Crippen molar-refractivity contribution in [2.75, 3.05) is 4.90 Å². The van der Waals surface area contributed by atoms with E-state index in [4.69, 9.17) is 11.6 Å². The molecule has 0 saturated carbocycles. The molecule has 0 unspecified atom stereocenters. The second kappa shape index (κ2) is 7.89. The average Bonchev–Trinajstić information content (AvgIpc) is 3.15. The first-order valence-electron chi connectivity index (χ1n) is 10.4. The Morgan fingerprint density at radius 1 is 1.00 bits per heavy atom. The minimum absolute atomic E-state index is 0.210. The van der Waals surface area contributed by atoms with E-state index in [0.717, 1.165) is 11.3 Å². The summed E-state index contributed by atoms with van der Waals surface area (Å²) in [4.78, 5) is 15.8. The fourth-order valence-corrected chi connectivity index (χ4v) is 5.26. The second-order valence-electron chi connectivity index (χ2n) is 8.21. The van der Waals surface area contributed by atoms with Crippen molar-refractivity contribution in [1.29, 1.82) is 10.5 Å². The first kappa shape index (κ1) is 20.9. The van der Waals surface area contributed by atoms with E-state index in [1.54, 1.807) is 54.6 Å². The molecule has 4 nitrogen and oxygen atoms in total. The van der Waals surface area contributed by atoms with Gasteiger partial charge < -0.3 is 4.90 Å². The van der Waals surface area contributed by atoms with E-state index in [2.05, 4.69) is 12.1 Å². The Bertz CT molecular complexity index is 1340. The summed E-state index contributed by atoms with van der Waals surface area (Å²) >= 11 is 6.20. The van der Waals surface area contributed by atoms with Gasteiger partial charge in [0.2, 0.25) is 0 Å². The van der Waals surface area contributed by atoms with Crippen LogP contribution >= 0.6 is 11.6 Å². The molecule has 0 spiro atoms. The molecular formula is C27H17ClFN3O. The molecule has 160 valence electrons. The molecule has 33 heavy (non-hydrogen) atoms. The van der Waals surface area contributed by atoms with Gasteiger partial charge in [0.15, 0.2) is 11.2 Å². The predicted molar refractivity (Wildman–Crippen MR) is 124 cm³/mol. The lowest BCUT2D eigenvalue weighted by molar-refractivity contribution is 0.0951. The summed E-state index contributed by atoms with van der Waals surface area (Å²) in [6.45, 7) is 0. The summed E-state index contributed by atoms with van der Waals surface area (Å²) < 4.78 is 13.8. The Balaban J connectivity index is 1.79. The maximum absolute atomic E-state index is 14.0. The molecule has 1 fully saturated rings. The van der Waals surface area contributed by atoms with Crippen molar-refractivity contribution >= 4 is 29.1 Å². The van der Waals surface area contributed by atoms with Crippen LogP contribution in [0.5, 0.6) is 0 Å². The lowest BCUT2D eigenvalue weighted by Gasteiger charge is -2.35. The van der Waals surface area contributed by atoms with E-state index in [-0.39, 0.29) is 5.78 Å². The molecule has 3 aromatic carbocycles. The van der Waals surface area contributed by atoms with Crippen LogP contribution in [0.25, 0.3) is 6.08 Å². The molecule has 3 aromatic rings. The average molecular weight is 454 g/mol. The molecule has 6 heteroatoms. The van der Waals surface area contributed by atoms with Gasteiger partial charge in [-0.2, -0.15) is 10.5 Å². The highest BCUT2D eigenvalue weighted by Crippen LogP contribution is 2.55. The number of benzene rings is 3. The number of Topliss-reactive ketones (excluding diaryl/α,β-unsaturated/α-hetero) is 1. The highest BCUT2D eigenvalue weighted by atomic mass is 35.5. The second-order valence-corrected chi connectivity index (χ2v) is 8.65. The zero-order valence-electron chi connectivity index (χ0n) is 17.3. The first-order chi connectivity index (χ1) is 16.0. The number of nitrogens with zero attached hydrogens (tertiary/aromatic N) is 3. The van der Waals surface area contributed by atoms with Crippen molar-refractivity contribution in [1.82, 2.24) is 0 Å². The molecule has 1 saturated heterocycles. The third-order valence-electron chi connectivity index (χ3n) is 6.52. The van der Waals surface area contributed by atoms with Gasteiger partial charge in [-0.1, -0.05) is 66.2 Å². The molecular weight excluding hydrogens is 437 g/mol. The highest BCUT2D eigenvalue weighted by molar-refractivity contribution is 6.30. The van der Waals surface area contributed by atoms with Gasteiger partial charge in [0.05, 0.1) is 18.2 Å². The van der Waals surface area contributed by atoms with E-state index in [9.17, 15) is 19.7 Å². The smallest absolute Gasteiger partial charge is 0.185 e. The van der Waals surface area contributed by atoms with E-state index in [1.165, 1.54) is 12.1 Å². The van der Waals surface area contributed by atoms with Crippen LogP contribution < -0.4 is 4.90 Å². The van der Waals surface area contributed by atoms with Crippen molar-refractivity contribution in [2.45, 2.75) is 18.0 Å². The number of hydrogen-bond acceptors (Lipinski definition) is 4. The van der Waals surface area contributed by atoms with Crippen molar-refractivity contribution in [3.8, 4) is 12.1 Å². The fourth-order valence-electron chi connectivity index (χ4n) is 5.08. The molecule has 0 radical (unpaired) electrons. The van der Waals surface area contributed by atoms with E-state index < -0.39 is 29.2 Å². The van der Waals surface area contributed by atoms with Crippen LogP contribution in [0.15, 0.2) is 78.9 Å². The topological polar surface area (TPSA) is 67.9 Å². The largest absolute Gasteiger partial charge is 0.351 e. The Labute approximate surface area is 195 Å². The van der Waals surface area contributed by atoms with Crippen molar-refractivity contribution in [3.05, 3.63) is 106 Å². The molecule has 0 amide bonds. The number of hydrogen-bond donors (Lipinski definition) is 0. The van der Waals surface area contributed by atoms with Crippen molar-refractivity contribution in [2.24, 2.45) is 5.41 Å². The lowest BCUT2D eigenvalue weighted by atomic mass is 9.69. The molecule has 2 aliphatic rings. The summed E-state index contributed by atoms with van der Waals surface area (Å²) in [6.07, 6.45) is 3.63. The molecule has 5 rings (SSSR count). The third kappa shape index (κ3) is 3.13. The Kier molecular flexibility index (Phi) is 5.01.